The Morgan fingerprint density at radius 3 is 1.29 bits per heavy atom. The van der Waals surface area contributed by atoms with E-state index >= 15 is 9.59 Å². The normalized spacial score (nSPS) is 13.9. The third kappa shape index (κ3) is 9.29. The number of ether oxygens (including phenoxy) is 1. The first-order valence-corrected chi connectivity index (χ1v) is 23.7. The first kappa shape index (κ1) is 51.7. The molecule has 1 aliphatic heterocycles. The number of para-hydroxylation sites is 3. The van der Waals surface area contributed by atoms with E-state index < -0.39 is 117 Å². The molecule has 0 saturated carbocycles. The Hall–Kier alpha value is -11.8. The largest absolute Gasteiger partial charge is 1.00 e. The molecule has 0 atom stereocenters. The van der Waals surface area contributed by atoms with Crippen molar-refractivity contribution in [2.75, 3.05) is 10.6 Å². The second kappa shape index (κ2) is 20.8. The molecule has 0 aromatic heterocycles. The maximum Gasteiger partial charge on any atom is 1.00 e. The van der Waals surface area contributed by atoms with E-state index in [1.54, 1.807) is 97.1 Å². The van der Waals surface area contributed by atoms with Gasteiger partial charge in [0.25, 0.3) is 23.2 Å². The summed E-state index contributed by atoms with van der Waals surface area (Å²) < 4.78 is 7.30. The fraction of sp³-hybridized carbons (Fsp3) is 0.0545. The lowest BCUT2D eigenvalue weighted by Gasteiger charge is -2.43. The predicted octanol–water partition coefficient (Wildman–Crippen LogP) is 13.2. The van der Waals surface area contributed by atoms with Gasteiger partial charge in [0.05, 0.1) is 43.0 Å². The second-order valence-electron chi connectivity index (χ2n) is 17.8. The highest BCUT2D eigenvalue weighted by atomic mass is 16.6. The summed E-state index contributed by atoms with van der Waals surface area (Å²) in [5, 5.41) is 118. The van der Waals surface area contributed by atoms with Gasteiger partial charge in [0.15, 0.2) is 17.1 Å². The van der Waals surface area contributed by atoms with E-state index in [0.717, 1.165) is 0 Å². The van der Waals surface area contributed by atoms with Gasteiger partial charge in [-0.25, -0.2) is 0 Å². The average molecular weight is 1080 g/mol. The van der Waals surface area contributed by atoms with Gasteiger partial charge < -0.3 is 35.8 Å². The number of fused-ring (bicyclic) bond motifs is 3. The fourth-order valence-electron chi connectivity index (χ4n) is 9.59. The van der Waals surface area contributed by atoms with Crippen LogP contribution in [0.25, 0.3) is 21.5 Å². The van der Waals surface area contributed by atoms with E-state index in [1.165, 1.54) is 36.4 Å². The molecule has 0 aliphatic carbocycles. The van der Waals surface area contributed by atoms with Crippen LogP contribution >= 0.6 is 0 Å². The molecule has 0 unspecified atom stereocenters. The van der Waals surface area contributed by atoms with Crippen LogP contribution in [0.4, 0.5) is 56.9 Å². The highest BCUT2D eigenvalue weighted by molar-refractivity contribution is 6.17. The van der Waals surface area contributed by atoms with Gasteiger partial charge in [0.1, 0.15) is 28.5 Å². The van der Waals surface area contributed by atoms with Crippen molar-refractivity contribution in [3.8, 4) is 28.7 Å². The topological polar surface area (TPSA) is 370 Å². The Balaban J connectivity index is 0.00000792. The second-order valence-corrected chi connectivity index (χ2v) is 17.8. The molecular weight excluding hydrogens is 1040 g/mol. The zero-order valence-corrected chi connectivity index (χ0v) is 40.8. The number of anilines is 2. The number of phenols is 4. The molecule has 6 N–H and O–H groups in total. The van der Waals surface area contributed by atoms with Crippen molar-refractivity contribution in [3.63, 3.8) is 0 Å². The molecule has 2 amide bonds. The maximum atomic E-state index is 15.5. The zero-order valence-electron chi connectivity index (χ0n) is 41.8. The quantitative estimate of drug-likeness (QED) is 0.0335. The summed E-state index contributed by atoms with van der Waals surface area (Å²) in [5.41, 5.74) is -8.87. The van der Waals surface area contributed by atoms with Crippen molar-refractivity contribution in [2.45, 2.75) is 18.4 Å². The number of hydrogen-bond acceptors (Lipinski definition) is 19. The third-order valence-electron chi connectivity index (χ3n) is 13.1. The minimum absolute atomic E-state index is 0. The molecule has 10 rings (SSSR count). The van der Waals surface area contributed by atoms with Crippen LogP contribution in [0.5, 0.6) is 28.7 Å². The number of carbonyl (C=O) groups is 2. The SMILES string of the molecule is O=C(Nc1ccccc1)c1c(O)c(N=Nc2cc([N+](=O)[O-])cc([N+](=O)[O-])c2O)c2ccccc2c1C1(c2c(C(=O)Nc3ccccc3)c(O)c(N=Nc3cc([N+](=O)[O-])cc([N+](=O)[O-])c3O)c3ccccc23)CCc2ccccc2O1.[H+]. The van der Waals surface area contributed by atoms with E-state index in [0.29, 0.717) is 29.8 Å². The Kier molecular flexibility index (Phi) is 13.4. The minimum Gasteiger partial charge on any atom is -0.505 e. The highest BCUT2D eigenvalue weighted by Gasteiger charge is 2.50. The standard InChI is InChI=1S/C55H36N10O15/c66-49-38(25-32(62(72)73)27-40(49)64(76)77)58-60-47-36-20-10-8-18-34(36)45(43(51(47)68)53(70)56-30-14-3-1-4-15-30)55(24-23-29-13-7-12-22-42(29)80-55)46-35-19-9-11-21-37(35)48(52(69)44(46)54(71)57-31-16-5-2-6-17-31)61-59-39-26-33(63(74)75)28-41(50(39)67)65(78)79/h1-22,25-28,66-69H,23-24H2,(H,56,70)(H,57,71)/p+1. The summed E-state index contributed by atoms with van der Waals surface area (Å²) in [5.74, 6) is -5.87. The van der Waals surface area contributed by atoms with Crippen LogP contribution < -0.4 is 15.4 Å². The molecule has 0 fully saturated rings. The number of nitrogens with zero attached hydrogens (tertiary/aromatic N) is 8. The molecule has 25 nitrogen and oxygen atoms in total. The Bertz CT molecular complexity index is 3950. The summed E-state index contributed by atoms with van der Waals surface area (Å²) in [7, 11) is 0. The molecule has 1 heterocycles. The van der Waals surface area contributed by atoms with Crippen LogP contribution in [0.15, 0.2) is 178 Å². The summed E-state index contributed by atoms with van der Waals surface area (Å²) in [6.45, 7) is 0. The third-order valence-corrected chi connectivity index (χ3v) is 13.1. The number of benzene rings is 9. The number of carbonyl (C=O) groups excluding carboxylic acids is 2. The average Bonchev–Trinajstić information content (AvgIpc) is 3.47. The van der Waals surface area contributed by atoms with Crippen molar-refractivity contribution in [2.24, 2.45) is 20.5 Å². The van der Waals surface area contributed by atoms with Gasteiger partial charge in [0.2, 0.25) is 11.5 Å². The maximum absolute atomic E-state index is 15.5. The van der Waals surface area contributed by atoms with E-state index in [2.05, 4.69) is 31.1 Å². The number of azo groups is 2. The summed E-state index contributed by atoms with van der Waals surface area (Å²) in [4.78, 5) is 74.5. The molecule has 25 heteroatoms. The van der Waals surface area contributed by atoms with Crippen molar-refractivity contribution in [1.29, 1.82) is 0 Å². The lowest BCUT2D eigenvalue weighted by atomic mass is 9.71. The number of nitro benzene ring substituents is 4. The van der Waals surface area contributed by atoms with Gasteiger partial charge in [-0.3, -0.25) is 50.0 Å². The number of rotatable bonds is 14. The molecule has 0 saturated heterocycles. The minimum atomic E-state index is -2.21. The van der Waals surface area contributed by atoms with Crippen LogP contribution in [0.2, 0.25) is 0 Å². The number of aromatic hydroxyl groups is 4. The van der Waals surface area contributed by atoms with Crippen molar-refractivity contribution in [1.82, 2.24) is 0 Å². The van der Waals surface area contributed by atoms with E-state index in [1.807, 2.05) is 0 Å². The molecular formula is C55H37N10O15+. The lowest BCUT2D eigenvalue weighted by Crippen LogP contribution is -2.42. The fourth-order valence-corrected chi connectivity index (χ4v) is 9.59. The highest BCUT2D eigenvalue weighted by Crippen LogP contribution is 2.57. The first-order chi connectivity index (χ1) is 38.5. The molecule has 80 heavy (non-hydrogen) atoms. The molecule has 1 aliphatic rings. The number of non-ortho nitro benzene ring substituents is 2. The smallest absolute Gasteiger partial charge is 0.505 e. The molecule has 0 spiro atoms. The molecule has 0 radical (unpaired) electrons. The van der Waals surface area contributed by atoms with Crippen LogP contribution in [-0.2, 0) is 12.0 Å². The summed E-state index contributed by atoms with van der Waals surface area (Å²) in [6.07, 6.45) is -0.0647. The number of nitrogens with one attached hydrogen (secondary N) is 2. The van der Waals surface area contributed by atoms with Gasteiger partial charge in [-0.15, -0.1) is 20.5 Å². The van der Waals surface area contributed by atoms with Crippen LogP contribution in [-0.4, -0.2) is 51.9 Å². The van der Waals surface area contributed by atoms with E-state index in [-0.39, 0.29) is 64.1 Å². The van der Waals surface area contributed by atoms with Gasteiger partial charge in [0, 0.05) is 51.8 Å². The van der Waals surface area contributed by atoms with Gasteiger partial charge >= 0.3 is 12.8 Å². The van der Waals surface area contributed by atoms with Gasteiger partial charge in [-0.05, 0) is 53.1 Å². The van der Waals surface area contributed by atoms with Crippen LogP contribution in [0, 0.1) is 40.5 Å². The first-order valence-electron chi connectivity index (χ1n) is 23.7. The van der Waals surface area contributed by atoms with Gasteiger partial charge in [-0.2, -0.15) is 0 Å². The van der Waals surface area contributed by atoms with Crippen LogP contribution in [0.3, 0.4) is 0 Å². The van der Waals surface area contributed by atoms with E-state index in [9.17, 15) is 60.9 Å². The molecule has 396 valence electrons. The summed E-state index contributed by atoms with van der Waals surface area (Å²) >= 11 is 0. The monoisotopic (exact) mass is 1080 g/mol. The van der Waals surface area contributed by atoms with Crippen LogP contribution in [0.1, 0.15) is 45.3 Å². The van der Waals surface area contributed by atoms with Crippen molar-refractivity contribution < 1.29 is 55.9 Å². The molecule has 9 aromatic carbocycles. The Labute approximate surface area is 449 Å². The lowest BCUT2D eigenvalue weighted by molar-refractivity contribution is -0.394. The van der Waals surface area contributed by atoms with Crippen molar-refractivity contribution in [3.05, 3.63) is 226 Å². The number of aryl methyl sites for hydroxylation is 1. The zero-order chi connectivity index (χ0) is 56.6. The number of nitro groups is 4. The predicted molar refractivity (Wildman–Crippen MR) is 288 cm³/mol. The Morgan fingerprint density at radius 2 is 0.875 bits per heavy atom. The molecule has 9 aromatic rings. The van der Waals surface area contributed by atoms with E-state index in [4.69, 9.17) is 4.74 Å². The Morgan fingerprint density at radius 1 is 0.487 bits per heavy atom. The van der Waals surface area contributed by atoms with Gasteiger partial charge in [-0.1, -0.05) is 103 Å². The number of amides is 2. The number of hydrogen-bond donors (Lipinski definition) is 6. The summed E-state index contributed by atoms with van der Waals surface area (Å²) in [6, 6.07) is 37.5. The number of phenolic OH excluding ortho intramolecular Hbond substituents is 4. The molecule has 0 bridgehead atoms. The van der Waals surface area contributed by atoms with Crippen molar-refractivity contribution >= 4 is 90.2 Å².